The van der Waals surface area contributed by atoms with Crippen LogP contribution in [0.2, 0.25) is 25.7 Å². The Morgan fingerprint density at radius 2 is 1.95 bits per heavy atom. The number of hydrogen-bond donors (Lipinski definition) is 1. The zero-order valence-corrected chi connectivity index (χ0v) is 24.4. The first-order valence-electron chi connectivity index (χ1n) is 13.5. The van der Waals surface area contributed by atoms with Gasteiger partial charge in [0.15, 0.2) is 5.79 Å². The number of thioether (sulfide) groups is 1. The molecule has 38 heavy (non-hydrogen) atoms. The van der Waals surface area contributed by atoms with Crippen LogP contribution in [-0.4, -0.2) is 53.5 Å². The third-order valence-electron chi connectivity index (χ3n) is 7.16. The SMILES string of the molecule is C[Si](C)(C)CCOCn1c(CSC2CCC3(CC2)OCCO3)nc2cc(Nc3cccnc3)ccc2c1=O. The van der Waals surface area contributed by atoms with Crippen LogP contribution < -0.4 is 10.9 Å². The molecule has 1 saturated carbocycles. The highest BCUT2D eigenvalue weighted by Crippen LogP contribution is 2.40. The minimum atomic E-state index is -1.22. The fourth-order valence-electron chi connectivity index (χ4n) is 4.90. The third kappa shape index (κ3) is 6.84. The molecule has 1 aromatic carbocycles. The van der Waals surface area contributed by atoms with E-state index in [9.17, 15) is 4.79 Å². The fourth-order valence-corrected chi connectivity index (χ4v) is 6.83. The van der Waals surface area contributed by atoms with Crippen LogP contribution in [0.3, 0.4) is 0 Å². The van der Waals surface area contributed by atoms with Gasteiger partial charge in [0.1, 0.15) is 12.6 Å². The van der Waals surface area contributed by atoms with Gasteiger partial charge >= 0.3 is 0 Å². The van der Waals surface area contributed by atoms with Gasteiger partial charge in [-0.15, -0.1) is 0 Å². The van der Waals surface area contributed by atoms with Gasteiger partial charge in [-0.3, -0.25) is 14.3 Å². The Balaban J connectivity index is 1.35. The average molecular weight is 555 g/mol. The maximum atomic E-state index is 13.6. The van der Waals surface area contributed by atoms with Gasteiger partial charge in [-0.25, -0.2) is 4.98 Å². The topological polar surface area (TPSA) is 87.5 Å². The molecule has 2 fully saturated rings. The number of pyridine rings is 1. The van der Waals surface area contributed by atoms with Gasteiger partial charge in [0.2, 0.25) is 0 Å². The average Bonchev–Trinajstić information content (AvgIpc) is 3.35. The zero-order chi connectivity index (χ0) is 26.6. The van der Waals surface area contributed by atoms with Gasteiger partial charge in [0.05, 0.1) is 41.8 Å². The van der Waals surface area contributed by atoms with E-state index in [1.807, 2.05) is 42.1 Å². The lowest BCUT2D eigenvalue weighted by Crippen LogP contribution is -2.36. The molecule has 10 heteroatoms. The van der Waals surface area contributed by atoms with Crippen LogP contribution >= 0.6 is 11.8 Å². The Labute approximate surface area is 229 Å². The summed E-state index contributed by atoms with van der Waals surface area (Å²) in [5.74, 6) is 1.05. The third-order valence-corrected chi connectivity index (χ3v) is 10.2. The Hall–Kier alpha value is -2.24. The smallest absolute Gasteiger partial charge is 0.263 e. The predicted octanol–water partition coefficient (Wildman–Crippen LogP) is 5.77. The van der Waals surface area contributed by atoms with Crippen LogP contribution in [0.25, 0.3) is 10.9 Å². The summed E-state index contributed by atoms with van der Waals surface area (Å²) in [6, 6.07) is 10.6. The van der Waals surface area contributed by atoms with Gasteiger partial charge < -0.3 is 19.5 Å². The van der Waals surface area contributed by atoms with Crippen LogP contribution in [0.15, 0.2) is 47.5 Å². The predicted molar refractivity (Wildman–Crippen MR) is 156 cm³/mol. The highest BCUT2D eigenvalue weighted by molar-refractivity contribution is 7.99. The molecule has 0 bridgehead atoms. The first kappa shape index (κ1) is 27.3. The van der Waals surface area contributed by atoms with Crippen LogP contribution in [-0.2, 0) is 26.7 Å². The molecule has 1 saturated heterocycles. The Kier molecular flexibility index (Phi) is 8.54. The lowest BCUT2D eigenvalue weighted by Gasteiger charge is -2.35. The lowest BCUT2D eigenvalue weighted by molar-refractivity contribution is -0.175. The number of fused-ring (bicyclic) bond motifs is 1. The molecule has 0 unspecified atom stereocenters. The largest absolute Gasteiger partial charge is 0.361 e. The molecule has 1 spiro atoms. The molecule has 8 nitrogen and oxygen atoms in total. The van der Waals surface area contributed by atoms with Crippen LogP contribution in [0.4, 0.5) is 11.4 Å². The molecule has 1 aliphatic heterocycles. The van der Waals surface area contributed by atoms with E-state index in [0.717, 1.165) is 48.9 Å². The molecule has 3 heterocycles. The summed E-state index contributed by atoms with van der Waals surface area (Å²) >= 11 is 1.87. The van der Waals surface area contributed by atoms with Crippen LogP contribution in [0, 0.1) is 0 Å². The normalized spacial score (nSPS) is 17.9. The summed E-state index contributed by atoms with van der Waals surface area (Å²) < 4.78 is 19.5. The zero-order valence-electron chi connectivity index (χ0n) is 22.6. The van der Waals surface area contributed by atoms with Crippen molar-refractivity contribution < 1.29 is 14.2 Å². The number of ether oxygens (including phenoxy) is 3. The van der Waals surface area contributed by atoms with E-state index in [1.165, 1.54) is 0 Å². The molecule has 1 N–H and O–H groups in total. The van der Waals surface area contributed by atoms with Crippen molar-refractivity contribution in [3.05, 3.63) is 58.9 Å². The van der Waals surface area contributed by atoms with E-state index >= 15 is 0 Å². The molecule has 2 aliphatic rings. The lowest BCUT2D eigenvalue weighted by atomic mass is 9.94. The minimum Gasteiger partial charge on any atom is -0.361 e. The molecule has 1 aliphatic carbocycles. The number of benzene rings is 1. The van der Waals surface area contributed by atoms with Gasteiger partial charge in [-0.2, -0.15) is 11.8 Å². The van der Waals surface area contributed by atoms with Crippen molar-refractivity contribution in [3.8, 4) is 0 Å². The number of nitrogens with one attached hydrogen (secondary N) is 1. The van der Waals surface area contributed by atoms with Crippen molar-refractivity contribution >= 4 is 42.1 Å². The number of aromatic nitrogens is 3. The van der Waals surface area contributed by atoms with Gasteiger partial charge in [0, 0.05) is 44.7 Å². The van der Waals surface area contributed by atoms with E-state index in [1.54, 1.807) is 17.0 Å². The summed E-state index contributed by atoms with van der Waals surface area (Å²) in [7, 11) is -1.22. The second-order valence-corrected chi connectivity index (χ2v) is 18.2. The molecule has 0 atom stereocenters. The van der Waals surface area contributed by atoms with Gasteiger partial charge in [0.25, 0.3) is 5.56 Å². The standard InChI is InChI=1S/C28H38N4O4SSi/c1-38(2,3)16-15-34-20-32-26(19-37-23-8-10-28(11-9-23)35-13-14-36-28)31-25-17-21(6-7-24(25)27(32)33)30-22-5-4-12-29-18-22/h4-7,12,17-18,23,30H,8-11,13-16,19-20H2,1-3H3. The Morgan fingerprint density at radius 3 is 2.66 bits per heavy atom. The number of hydrogen-bond acceptors (Lipinski definition) is 8. The second kappa shape index (κ2) is 11.9. The first-order chi connectivity index (χ1) is 18.3. The number of rotatable bonds is 10. The summed E-state index contributed by atoms with van der Waals surface area (Å²) in [4.78, 5) is 22.8. The summed E-state index contributed by atoms with van der Waals surface area (Å²) in [5.41, 5.74) is 2.39. The van der Waals surface area contributed by atoms with E-state index in [-0.39, 0.29) is 18.1 Å². The summed E-state index contributed by atoms with van der Waals surface area (Å²) in [6.45, 7) is 9.26. The van der Waals surface area contributed by atoms with Gasteiger partial charge in [-0.05, 0) is 49.2 Å². The molecule has 0 radical (unpaired) electrons. The maximum absolute atomic E-state index is 13.6. The summed E-state index contributed by atoms with van der Waals surface area (Å²) in [5, 5.41) is 4.44. The van der Waals surface area contributed by atoms with Crippen molar-refractivity contribution in [2.45, 2.75) is 74.9 Å². The van der Waals surface area contributed by atoms with E-state index in [0.29, 0.717) is 41.7 Å². The molecule has 204 valence electrons. The van der Waals surface area contributed by atoms with Crippen LogP contribution in [0.1, 0.15) is 31.5 Å². The van der Waals surface area contributed by atoms with E-state index in [2.05, 4.69) is 29.9 Å². The monoisotopic (exact) mass is 554 g/mol. The summed E-state index contributed by atoms with van der Waals surface area (Å²) in [6.07, 6.45) is 7.43. The first-order valence-corrected chi connectivity index (χ1v) is 18.2. The van der Waals surface area contributed by atoms with Crippen molar-refractivity contribution in [3.63, 3.8) is 0 Å². The highest BCUT2D eigenvalue weighted by atomic mass is 32.2. The van der Waals surface area contributed by atoms with Crippen molar-refractivity contribution in [1.29, 1.82) is 0 Å². The second-order valence-electron chi connectivity index (χ2n) is 11.3. The van der Waals surface area contributed by atoms with E-state index in [4.69, 9.17) is 19.2 Å². The molecule has 0 amide bonds. The molecule has 2 aromatic heterocycles. The van der Waals surface area contributed by atoms with Gasteiger partial charge in [-0.1, -0.05) is 19.6 Å². The van der Waals surface area contributed by atoms with Crippen LogP contribution in [0.5, 0.6) is 0 Å². The minimum absolute atomic E-state index is 0.0538. The van der Waals surface area contributed by atoms with Crippen molar-refractivity contribution in [2.24, 2.45) is 0 Å². The Bertz CT molecular complexity index is 1280. The number of anilines is 2. The number of nitrogens with zero attached hydrogens (tertiary/aromatic N) is 3. The quantitative estimate of drug-likeness (QED) is 0.250. The molecule has 5 rings (SSSR count). The van der Waals surface area contributed by atoms with Crippen molar-refractivity contribution in [1.82, 2.24) is 14.5 Å². The maximum Gasteiger partial charge on any atom is 0.263 e. The molecular formula is C28H38N4O4SSi. The Morgan fingerprint density at radius 1 is 1.16 bits per heavy atom. The fraction of sp³-hybridized carbons (Fsp3) is 0.536. The molecule has 3 aromatic rings. The molecular weight excluding hydrogens is 516 g/mol. The van der Waals surface area contributed by atoms with E-state index < -0.39 is 8.07 Å². The van der Waals surface area contributed by atoms with Crippen molar-refractivity contribution in [2.75, 3.05) is 25.1 Å². The highest BCUT2D eigenvalue weighted by Gasteiger charge is 2.40.